The summed E-state index contributed by atoms with van der Waals surface area (Å²) in [6.45, 7) is 0.923. The minimum absolute atomic E-state index is 0.147. The summed E-state index contributed by atoms with van der Waals surface area (Å²) >= 11 is 0. The van der Waals surface area contributed by atoms with Gasteiger partial charge < -0.3 is 14.4 Å². The zero-order valence-electron chi connectivity index (χ0n) is 14.9. The molecule has 0 N–H and O–H groups in total. The predicted octanol–water partition coefficient (Wildman–Crippen LogP) is 2.78. The number of ether oxygens (including phenoxy) is 2. The van der Waals surface area contributed by atoms with Gasteiger partial charge in [0, 0.05) is 17.7 Å². The highest BCUT2D eigenvalue weighted by Gasteiger charge is 2.48. The van der Waals surface area contributed by atoms with Crippen LogP contribution in [0.2, 0.25) is 0 Å². The van der Waals surface area contributed by atoms with Gasteiger partial charge in [0.25, 0.3) is 5.91 Å². The Balaban J connectivity index is 1.58. The van der Waals surface area contributed by atoms with Crippen molar-refractivity contribution in [3.05, 3.63) is 70.8 Å². The lowest BCUT2D eigenvalue weighted by atomic mass is 9.85. The molecule has 4 rings (SSSR count). The van der Waals surface area contributed by atoms with Crippen molar-refractivity contribution in [2.45, 2.75) is 18.4 Å². The number of carbonyl (C=O) groups is 3. The average Bonchev–Trinajstić information content (AvgIpc) is 2.98. The molecule has 2 heterocycles. The van der Waals surface area contributed by atoms with E-state index in [1.807, 2.05) is 18.2 Å². The Morgan fingerprint density at radius 2 is 1.78 bits per heavy atom. The number of carbonyl (C=O) groups excluding carboxylic acids is 3. The zero-order valence-corrected chi connectivity index (χ0v) is 14.9. The maximum absolute atomic E-state index is 13.0. The second-order valence-electron chi connectivity index (χ2n) is 6.83. The van der Waals surface area contributed by atoms with Gasteiger partial charge in [0.2, 0.25) is 0 Å². The number of amides is 1. The van der Waals surface area contributed by atoms with Crippen molar-refractivity contribution in [3.8, 4) is 0 Å². The van der Waals surface area contributed by atoms with E-state index in [1.165, 1.54) is 7.11 Å². The van der Waals surface area contributed by atoms with Gasteiger partial charge >= 0.3 is 11.9 Å². The molecule has 1 atom stereocenters. The number of hydrogen-bond acceptors (Lipinski definition) is 5. The third-order valence-corrected chi connectivity index (χ3v) is 5.22. The number of benzene rings is 2. The number of esters is 2. The fraction of sp³-hybridized carbons (Fsp3) is 0.286. The molecule has 2 aromatic rings. The quantitative estimate of drug-likeness (QED) is 0.765. The Bertz CT molecular complexity index is 920. The summed E-state index contributed by atoms with van der Waals surface area (Å²) in [6.07, 6.45) is 1.44. The van der Waals surface area contributed by atoms with Crippen LogP contribution < -0.4 is 0 Å². The maximum Gasteiger partial charge on any atom is 0.339 e. The molecule has 2 aliphatic rings. The maximum atomic E-state index is 13.0. The van der Waals surface area contributed by atoms with E-state index in [0.717, 1.165) is 12.0 Å². The lowest BCUT2D eigenvalue weighted by molar-refractivity contribution is -0.0442. The molecule has 138 valence electrons. The summed E-state index contributed by atoms with van der Waals surface area (Å²) < 4.78 is 10.4. The number of fused-ring (bicyclic) bond motifs is 2. The number of piperidine rings is 1. The molecule has 1 amide bonds. The molecule has 2 aliphatic heterocycles. The van der Waals surface area contributed by atoms with E-state index in [9.17, 15) is 14.4 Å². The second kappa shape index (κ2) is 6.54. The molecule has 6 heteroatoms. The van der Waals surface area contributed by atoms with Gasteiger partial charge in [-0.2, -0.15) is 0 Å². The van der Waals surface area contributed by atoms with Gasteiger partial charge in [-0.05, 0) is 43.2 Å². The van der Waals surface area contributed by atoms with Crippen LogP contribution in [0.4, 0.5) is 0 Å². The largest absolute Gasteiger partial charge is 0.465 e. The Kier molecular flexibility index (Phi) is 4.18. The molecular formula is C21H19NO5. The lowest BCUT2D eigenvalue weighted by Crippen LogP contribution is -2.48. The molecular weight excluding hydrogens is 346 g/mol. The van der Waals surface area contributed by atoms with E-state index in [1.54, 1.807) is 35.2 Å². The molecule has 0 saturated carbocycles. The average molecular weight is 365 g/mol. The first kappa shape index (κ1) is 17.3. The first-order chi connectivity index (χ1) is 13.0. The highest BCUT2D eigenvalue weighted by Crippen LogP contribution is 2.42. The van der Waals surface area contributed by atoms with Crippen molar-refractivity contribution in [2.75, 3.05) is 20.2 Å². The van der Waals surface area contributed by atoms with Crippen molar-refractivity contribution in [3.63, 3.8) is 0 Å². The fourth-order valence-corrected chi connectivity index (χ4v) is 3.89. The summed E-state index contributed by atoms with van der Waals surface area (Å²) in [5, 5.41) is 0. The van der Waals surface area contributed by atoms with Crippen molar-refractivity contribution in [1.82, 2.24) is 4.90 Å². The lowest BCUT2D eigenvalue weighted by Gasteiger charge is -2.39. The molecule has 0 aromatic heterocycles. The Labute approximate surface area is 156 Å². The molecule has 1 spiro atoms. The summed E-state index contributed by atoms with van der Waals surface area (Å²) in [6, 6.07) is 13.7. The Hall–Kier alpha value is -3.15. The van der Waals surface area contributed by atoms with Crippen LogP contribution >= 0.6 is 0 Å². The smallest absolute Gasteiger partial charge is 0.339 e. The zero-order chi connectivity index (χ0) is 19.0. The van der Waals surface area contributed by atoms with E-state index < -0.39 is 11.6 Å². The van der Waals surface area contributed by atoms with E-state index in [-0.39, 0.29) is 11.9 Å². The number of methoxy groups -OCH3 is 1. The number of likely N-dealkylation sites (tertiary alicyclic amines) is 1. The summed E-state index contributed by atoms with van der Waals surface area (Å²) in [7, 11) is 1.31. The van der Waals surface area contributed by atoms with Gasteiger partial charge in [-0.3, -0.25) is 4.79 Å². The van der Waals surface area contributed by atoms with Gasteiger partial charge in [-0.15, -0.1) is 0 Å². The number of rotatable bonds is 2. The minimum atomic E-state index is -0.770. The van der Waals surface area contributed by atoms with Gasteiger partial charge in [-0.25, -0.2) is 9.59 Å². The van der Waals surface area contributed by atoms with E-state index in [0.29, 0.717) is 36.2 Å². The van der Waals surface area contributed by atoms with Gasteiger partial charge in [0.05, 0.1) is 24.8 Å². The van der Waals surface area contributed by atoms with E-state index >= 15 is 0 Å². The highest BCUT2D eigenvalue weighted by molar-refractivity contribution is 5.97. The van der Waals surface area contributed by atoms with Crippen LogP contribution in [0.25, 0.3) is 0 Å². The molecule has 1 unspecified atom stereocenters. The monoisotopic (exact) mass is 365 g/mol. The standard InChI is InChI=1S/C21H19NO5/c1-26-19(24)15-9-7-14(8-10-15)18(23)22-12-4-11-21(13-22)17-6-3-2-5-16(17)20(25)27-21/h2-3,5-10H,4,11-13H2,1H3. The van der Waals surface area contributed by atoms with Crippen molar-refractivity contribution in [1.29, 1.82) is 0 Å². The van der Waals surface area contributed by atoms with Gasteiger partial charge in [0.15, 0.2) is 5.60 Å². The van der Waals surface area contributed by atoms with Crippen molar-refractivity contribution < 1.29 is 23.9 Å². The van der Waals surface area contributed by atoms with Crippen LogP contribution in [-0.2, 0) is 15.1 Å². The normalized spacial score (nSPS) is 20.9. The van der Waals surface area contributed by atoms with Crippen molar-refractivity contribution >= 4 is 17.8 Å². The first-order valence-corrected chi connectivity index (χ1v) is 8.84. The molecule has 2 aromatic carbocycles. The van der Waals surface area contributed by atoms with Crippen molar-refractivity contribution in [2.24, 2.45) is 0 Å². The molecule has 27 heavy (non-hydrogen) atoms. The van der Waals surface area contributed by atoms with Gasteiger partial charge in [0.1, 0.15) is 0 Å². The Morgan fingerprint density at radius 1 is 1.07 bits per heavy atom. The summed E-state index contributed by atoms with van der Waals surface area (Å²) in [5.74, 6) is -0.923. The predicted molar refractivity (Wildman–Crippen MR) is 96.5 cm³/mol. The summed E-state index contributed by atoms with van der Waals surface area (Å²) in [5.41, 5.74) is 1.54. The second-order valence-corrected chi connectivity index (χ2v) is 6.83. The molecule has 0 aliphatic carbocycles. The third kappa shape index (κ3) is 2.87. The van der Waals surface area contributed by atoms with E-state index in [2.05, 4.69) is 4.74 Å². The van der Waals surface area contributed by atoms with Crippen LogP contribution in [0.5, 0.6) is 0 Å². The number of nitrogens with zero attached hydrogens (tertiary/aromatic N) is 1. The highest BCUT2D eigenvalue weighted by atomic mass is 16.6. The SMILES string of the molecule is COC(=O)c1ccc(C(=O)N2CCCC3(C2)OC(=O)c2ccccc23)cc1. The molecule has 0 radical (unpaired) electrons. The molecule has 1 saturated heterocycles. The van der Waals surface area contributed by atoms with E-state index in [4.69, 9.17) is 4.74 Å². The molecule has 6 nitrogen and oxygen atoms in total. The van der Waals surface area contributed by atoms with Crippen LogP contribution in [0, 0.1) is 0 Å². The number of hydrogen-bond donors (Lipinski definition) is 0. The van der Waals surface area contributed by atoms with Crippen LogP contribution in [0.1, 0.15) is 49.5 Å². The molecule has 0 bridgehead atoms. The topological polar surface area (TPSA) is 72.9 Å². The van der Waals surface area contributed by atoms with Crippen LogP contribution in [0.15, 0.2) is 48.5 Å². The molecule has 1 fully saturated rings. The first-order valence-electron chi connectivity index (χ1n) is 8.84. The third-order valence-electron chi connectivity index (χ3n) is 5.22. The summed E-state index contributed by atoms with van der Waals surface area (Å²) in [4.78, 5) is 38.5. The minimum Gasteiger partial charge on any atom is -0.465 e. The Morgan fingerprint density at radius 3 is 2.52 bits per heavy atom. The van der Waals surface area contributed by atoms with Crippen LogP contribution in [-0.4, -0.2) is 42.9 Å². The van der Waals surface area contributed by atoms with Crippen LogP contribution in [0.3, 0.4) is 0 Å². The fourth-order valence-electron chi connectivity index (χ4n) is 3.89. The van der Waals surface area contributed by atoms with Gasteiger partial charge in [-0.1, -0.05) is 18.2 Å².